The number of halogens is 2. The number of para-hydroxylation sites is 1. The van der Waals surface area contributed by atoms with Crippen molar-refractivity contribution in [1.82, 2.24) is 5.43 Å². The Hall–Kier alpha value is -3.75. The van der Waals surface area contributed by atoms with Gasteiger partial charge in [-0.1, -0.05) is 47.5 Å². The van der Waals surface area contributed by atoms with E-state index in [1.54, 1.807) is 37.3 Å². The molecule has 8 nitrogen and oxygen atoms in total. The maximum Gasteiger partial charge on any atom is 0.273 e. The molecule has 0 radical (unpaired) electrons. The fourth-order valence-electron chi connectivity index (χ4n) is 2.76. The van der Waals surface area contributed by atoms with Gasteiger partial charge in [0.25, 0.3) is 17.5 Å². The topological polar surface area (TPSA) is 114 Å². The molecule has 0 fully saturated rings. The molecule has 0 aromatic heterocycles. The molecule has 2 amide bonds. The zero-order chi connectivity index (χ0) is 23.3. The summed E-state index contributed by atoms with van der Waals surface area (Å²) >= 11 is 11.9. The van der Waals surface area contributed by atoms with Crippen molar-refractivity contribution in [1.29, 1.82) is 0 Å². The first-order valence-corrected chi connectivity index (χ1v) is 9.95. The highest BCUT2D eigenvalue weighted by molar-refractivity contribution is 6.36. The van der Waals surface area contributed by atoms with Crippen LogP contribution in [0.5, 0.6) is 0 Å². The Labute approximate surface area is 193 Å². The molecular formula is C22H16Cl2N4O4. The average Bonchev–Trinajstić information content (AvgIpc) is 2.75. The van der Waals surface area contributed by atoms with E-state index >= 15 is 0 Å². The van der Waals surface area contributed by atoms with Gasteiger partial charge in [-0.3, -0.25) is 19.7 Å². The fraction of sp³-hybridized carbons (Fsp3) is 0.0455. The Kier molecular flexibility index (Phi) is 7.19. The number of nitrogens with zero attached hydrogens (tertiary/aromatic N) is 2. The lowest BCUT2D eigenvalue weighted by molar-refractivity contribution is -0.385. The SMILES string of the molecule is Cc1ccc(C(=O)Nc2ccccc2C(=O)N/N=C/c2ccc(Cl)cc2Cl)cc1[N+](=O)[O-]. The van der Waals surface area contributed by atoms with Gasteiger partial charge in [0.05, 0.1) is 27.4 Å². The van der Waals surface area contributed by atoms with Crippen LogP contribution in [0.4, 0.5) is 11.4 Å². The molecule has 32 heavy (non-hydrogen) atoms. The molecule has 0 unspecified atom stereocenters. The van der Waals surface area contributed by atoms with E-state index in [0.717, 1.165) is 0 Å². The van der Waals surface area contributed by atoms with Crippen LogP contribution >= 0.6 is 23.2 Å². The van der Waals surface area contributed by atoms with Gasteiger partial charge in [0, 0.05) is 27.8 Å². The molecule has 0 aliphatic heterocycles. The normalized spacial score (nSPS) is 10.7. The highest BCUT2D eigenvalue weighted by Crippen LogP contribution is 2.22. The summed E-state index contributed by atoms with van der Waals surface area (Å²) < 4.78 is 0. The largest absolute Gasteiger partial charge is 0.321 e. The molecular weight excluding hydrogens is 455 g/mol. The number of anilines is 1. The Balaban J connectivity index is 1.76. The number of nitro benzene ring substituents is 1. The molecule has 3 aromatic carbocycles. The quantitative estimate of drug-likeness (QED) is 0.291. The number of nitrogens with one attached hydrogen (secondary N) is 2. The molecule has 162 valence electrons. The summed E-state index contributed by atoms with van der Waals surface area (Å²) in [5.74, 6) is -1.16. The van der Waals surface area contributed by atoms with Gasteiger partial charge in [0.1, 0.15) is 0 Å². The maximum absolute atomic E-state index is 12.6. The van der Waals surface area contributed by atoms with Crippen molar-refractivity contribution in [2.24, 2.45) is 5.10 Å². The van der Waals surface area contributed by atoms with Crippen molar-refractivity contribution in [2.45, 2.75) is 6.92 Å². The van der Waals surface area contributed by atoms with Gasteiger partial charge < -0.3 is 5.32 Å². The number of hydrogen-bond acceptors (Lipinski definition) is 5. The van der Waals surface area contributed by atoms with Crippen molar-refractivity contribution in [3.8, 4) is 0 Å². The maximum atomic E-state index is 12.6. The molecule has 0 atom stereocenters. The van der Waals surface area contributed by atoms with Crippen LogP contribution in [0.15, 0.2) is 65.8 Å². The summed E-state index contributed by atoms with van der Waals surface area (Å²) in [7, 11) is 0. The van der Waals surface area contributed by atoms with E-state index in [1.807, 2.05) is 0 Å². The Morgan fingerprint density at radius 2 is 1.78 bits per heavy atom. The summed E-state index contributed by atoms with van der Waals surface area (Å²) in [5, 5.41) is 18.5. The van der Waals surface area contributed by atoms with Gasteiger partial charge in [0.2, 0.25) is 0 Å². The van der Waals surface area contributed by atoms with Gasteiger partial charge in [-0.05, 0) is 37.3 Å². The predicted octanol–water partition coefficient (Wildman–Crippen LogP) is 5.23. The number of nitro groups is 1. The first-order valence-electron chi connectivity index (χ1n) is 9.20. The first kappa shape index (κ1) is 22.9. The number of carbonyl (C=O) groups is 2. The number of rotatable bonds is 6. The van der Waals surface area contributed by atoms with Gasteiger partial charge >= 0.3 is 0 Å². The first-order chi connectivity index (χ1) is 15.3. The zero-order valence-electron chi connectivity index (χ0n) is 16.6. The zero-order valence-corrected chi connectivity index (χ0v) is 18.1. The van der Waals surface area contributed by atoms with E-state index in [9.17, 15) is 19.7 Å². The highest BCUT2D eigenvalue weighted by Gasteiger charge is 2.17. The number of amides is 2. The minimum atomic E-state index is -0.593. The standard InChI is InChI=1S/C22H16Cl2N4O4/c1-13-6-7-14(10-20(13)28(31)32)21(29)26-19-5-3-2-4-17(19)22(30)27-25-12-15-8-9-16(23)11-18(15)24/h2-12H,1H3,(H,26,29)(H,27,30)/b25-12+. The van der Waals surface area contributed by atoms with Crippen LogP contribution in [0, 0.1) is 17.0 Å². The molecule has 0 heterocycles. The van der Waals surface area contributed by atoms with E-state index in [-0.39, 0.29) is 22.5 Å². The second-order valence-electron chi connectivity index (χ2n) is 6.62. The second-order valence-corrected chi connectivity index (χ2v) is 7.47. The summed E-state index contributed by atoms with van der Waals surface area (Å²) in [6.45, 7) is 1.58. The van der Waals surface area contributed by atoms with Crippen LogP contribution in [0.3, 0.4) is 0 Å². The molecule has 10 heteroatoms. The number of hydrazone groups is 1. The van der Waals surface area contributed by atoms with E-state index in [0.29, 0.717) is 21.2 Å². The number of benzene rings is 3. The lowest BCUT2D eigenvalue weighted by Gasteiger charge is -2.10. The van der Waals surface area contributed by atoms with Crippen LogP contribution < -0.4 is 10.7 Å². The van der Waals surface area contributed by atoms with Crippen molar-refractivity contribution in [3.63, 3.8) is 0 Å². The Bertz CT molecular complexity index is 1240. The fourth-order valence-corrected chi connectivity index (χ4v) is 3.22. The van der Waals surface area contributed by atoms with Crippen LogP contribution in [0.2, 0.25) is 10.0 Å². The lowest BCUT2D eigenvalue weighted by Crippen LogP contribution is -2.21. The van der Waals surface area contributed by atoms with Crippen molar-refractivity contribution in [3.05, 3.63) is 103 Å². The van der Waals surface area contributed by atoms with Crippen molar-refractivity contribution >= 4 is 52.6 Å². The minimum Gasteiger partial charge on any atom is -0.321 e. The number of aryl methyl sites for hydroxylation is 1. The van der Waals surface area contributed by atoms with Crippen LogP contribution in [0.1, 0.15) is 31.8 Å². The van der Waals surface area contributed by atoms with Crippen LogP contribution in [-0.4, -0.2) is 23.0 Å². The van der Waals surface area contributed by atoms with E-state index in [2.05, 4.69) is 15.8 Å². The number of carbonyl (C=O) groups excluding carboxylic acids is 2. The molecule has 3 aromatic rings. The average molecular weight is 471 g/mol. The van der Waals surface area contributed by atoms with Crippen molar-refractivity contribution < 1.29 is 14.5 Å². The molecule has 0 saturated heterocycles. The minimum absolute atomic E-state index is 0.0907. The number of hydrogen-bond donors (Lipinski definition) is 2. The molecule has 0 saturated carbocycles. The molecule has 0 spiro atoms. The molecule has 0 bridgehead atoms. The van der Waals surface area contributed by atoms with E-state index in [4.69, 9.17) is 23.2 Å². The van der Waals surface area contributed by atoms with Crippen LogP contribution in [0.25, 0.3) is 0 Å². The monoisotopic (exact) mass is 470 g/mol. The Morgan fingerprint density at radius 1 is 1.03 bits per heavy atom. The van der Waals surface area contributed by atoms with Crippen molar-refractivity contribution in [2.75, 3.05) is 5.32 Å². The second kappa shape index (κ2) is 10.0. The summed E-state index contributed by atoms with van der Waals surface area (Å²) in [4.78, 5) is 35.8. The van der Waals surface area contributed by atoms with Gasteiger partial charge in [-0.15, -0.1) is 0 Å². The van der Waals surface area contributed by atoms with Crippen LogP contribution in [-0.2, 0) is 0 Å². The molecule has 0 aliphatic carbocycles. The highest BCUT2D eigenvalue weighted by atomic mass is 35.5. The van der Waals surface area contributed by atoms with Gasteiger partial charge in [0.15, 0.2) is 0 Å². The molecule has 3 rings (SSSR count). The molecule has 2 N–H and O–H groups in total. The Morgan fingerprint density at radius 3 is 2.50 bits per heavy atom. The third-order valence-electron chi connectivity index (χ3n) is 4.42. The summed E-state index contributed by atoms with van der Waals surface area (Å²) in [5.41, 5.74) is 3.66. The lowest BCUT2D eigenvalue weighted by atomic mass is 10.1. The van der Waals surface area contributed by atoms with E-state index in [1.165, 1.54) is 36.5 Å². The predicted molar refractivity (Wildman–Crippen MR) is 124 cm³/mol. The van der Waals surface area contributed by atoms with Gasteiger partial charge in [-0.2, -0.15) is 5.10 Å². The summed E-state index contributed by atoms with van der Waals surface area (Å²) in [6, 6.07) is 15.3. The summed E-state index contributed by atoms with van der Waals surface area (Å²) in [6.07, 6.45) is 1.36. The molecule has 0 aliphatic rings. The third kappa shape index (κ3) is 5.48. The smallest absolute Gasteiger partial charge is 0.273 e. The van der Waals surface area contributed by atoms with E-state index < -0.39 is 16.7 Å². The third-order valence-corrected chi connectivity index (χ3v) is 4.98. The van der Waals surface area contributed by atoms with Gasteiger partial charge in [-0.25, -0.2) is 5.43 Å².